The highest BCUT2D eigenvalue weighted by Gasteiger charge is 2.31. The van der Waals surface area contributed by atoms with Crippen LogP contribution in [0.3, 0.4) is 0 Å². The van der Waals surface area contributed by atoms with Crippen LogP contribution in [0.4, 0.5) is 13.2 Å². The van der Waals surface area contributed by atoms with E-state index >= 15 is 0 Å². The first-order chi connectivity index (χ1) is 18.0. The van der Waals surface area contributed by atoms with Crippen molar-refractivity contribution in [2.75, 3.05) is 39.3 Å². The third-order valence-electron chi connectivity index (χ3n) is 7.77. The van der Waals surface area contributed by atoms with Crippen molar-refractivity contribution in [1.82, 2.24) is 15.1 Å². The minimum Gasteiger partial charge on any atom is -0.493 e. The van der Waals surface area contributed by atoms with Gasteiger partial charge in [0, 0.05) is 43.8 Å². The molecule has 0 aromatic heterocycles. The number of benzene rings is 2. The minimum atomic E-state index is -4.41. The summed E-state index contributed by atoms with van der Waals surface area (Å²) in [5.74, 6) is 0.704. The zero-order valence-corrected chi connectivity index (χ0v) is 23.3. The highest BCUT2D eigenvalue weighted by atomic mass is 19.4. The summed E-state index contributed by atoms with van der Waals surface area (Å²) in [5.41, 5.74) is 3.16. The van der Waals surface area contributed by atoms with Gasteiger partial charge >= 0.3 is 6.18 Å². The Morgan fingerprint density at radius 3 is 2.24 bits per heavy atom. The number of ether oxygens (including phenoxy) is 1. The van der Waals surface area contributed by atoms with Gasteiger partial charge in [-0.2, -0.15) is 13.2 Å². The van der Waals surface area contributed by atoms with Crippen LogP contribution in [-0.2, 0) is 6.18 Å². The Kier molecular flexibility index (Phi) is 10.6. The molecule has 2 unspecified atom stereocenters. The molecule has 1 saturated heterocycles. The Balaban J connectivity index is 1.51. The third-order valence-corrected chi connectivity index (χ3v) is 7.77. The van der Waals surface area contributed by atoms with Gasteiger partial charge in [-0.05, 0) is 101 Å². The van der Waals surface area contributed by atoms with Crippen LogP contribution in [0.5, 0.6) is 5.75 Å². The van der Waals surface area contributed by atoms with Crippen molar-refractivity contribution < 1.29 is 22.7 Å². The average molecular weight is 534 g/mol. The van der Waals surface area contributed by atoms with Crippen LogP contribution < -0.4 is 10.1 Å². The smallest absolute Gasteiger partial charge is 0.416 e. The number of nitrogens with zero attached hydrogens (tertiary/aromatic N) is 2. The first kappa shape index (κ1) is 30.0. The fourth-order valence-electron chi connectivity index (χ4n) is 4.82. The molecule has 1 heterocycles. The quantitative estimate of drug-likeness (QED) is 0.340. The highest BCUT2D eigenvalue weighted by molar-refractivity contribution is 5.94. The summed E-state index contributed by atoms with van der Waals surface area (Å²) in [6, 6.07) is 9.41. The monoisotopic (exact) mass is 533 g/mol. The van der Waals surface area contributed by atoms with Crippen molar-refractivity contribution in [2.24, 2.45) is 0 Å². The fourth-order valence-corrected chi connectivity index (χ4v) is 4.82. The van der Waals surface area contributed by atoms with Crippen molar-refractivity contribution >= 4 is 5.91 Å². The van der Waals surface area contributed by atoms with Crippen LogP contribution >= 0.6 is 0 Å². The Morgan fingerprint density at radius 1 is 0.974 bits per heavy atom. The third kappa shape index (κ3) is 7.73. The van der Waals surface area contributed by atoms with E-state index < -0.39 is 11.7 Å². The molecule has 1 aliphatic rings. The van der Waals surface area contributed by atoms with E-state index in [0.29, 0.717) is 38.8 Å². The number of carbonyl (C=O) groups is 1. The number of nitrogens with one attached hydrogen (secondary N) is 1. The molecule has 2 aromatic rings. The number of piperazine rings is 1. The standard InChI is InChI=1S/C30H42F3N3O2/c1-6-21(2)34-15-7-8-20-38-28-14-13-27(22(3)23(28)4)24(5)35-16-18-36(19-17-35)29(37)25-9-11-26(12-10-25)30(31,32)33/h9-14,21,24,34H,6-8,15-20H2,1-5H3. The van der Waals surface area contributed by atoms with E-state index in [4.69, 9.17) is 4.74 Å². The molecular formula is C30H42F3N3O2. The second kappa shape index (κ2) is 13.5. The van der Waals surface area contributed by atoms with Gasteiger partial charge in [0.1, 0.15) is 5.75 Å². The van der Waals surface area contributed by atoms with E-state index in [2.05, 4.69) is 57.0 Å². The molecule has 0 spiro atoms. The maximum absolute atomic E-state index is 12.8. The van der Waals surface area contributed by atoms with E-state index in [1.807, 2.05) is 0 Å². The van der Waals surface area contributed by atoms with Crippen LogP contribution in [0.25, 0.3) is 0 Å². The summed E-state index contributed by atoms with van der Waals surface area (Å²) >= 11 is 0. The highest BCUT2D eigenvalue weighted by Crippen LogP contribution is 2.32. The van der Waals surface area contributed by atoms with E-state index in [-0.39, 0.29) is 17.5 Å². The van der Waals surface area contributed by atoms with Crippen LogP contribution in [0.1, 0.15) is 78.7 Å². The first-order valence-electron chi connectivity index (χ1n) is 13.7. The van der Waals surface area contributed by atoms with E-state index in [1.165, 1.54) is 23.3 Å². The van der Waals surface area contributed by atoms with Crippen molar-refractivity contribution in [3.8, 4) is 5.75 Å². The molecule has 1 N–H and O–H groups in total. The van der Waals surface area contributed by atoms with Crippen LogP contribution in [-0.4, -0.2) is 61.1 Å². The molecule has 210 valence electrons. The van der Waals surface area contributed by atoms with Crippen molar-refractivity contribution in [3.63, 3.8) is 0 Å². The molecular weight excluding hydrogens is 491 g/mol. The predicted molar refractivity (Wildman–Crippen MR) is 146 cm³/mol. The van der Waals surface area contributed by atoms with Gasteiger partial charge < -0.3 is 15.0 Å². The average Bonchev–Trinajstić information content (AvgIpc) is 2.91. The fraction of sp³-hybridized carbons (Fsp3) is 0.567. The molecule has 2 aromatic carbocycles. The normalized spacial score (nSPS) is 16.4. The second-order valence-corrected chi connectivity index (χ2v) is 10.3. The Hall–Kier alpha value is -2.58. The lowest BCUT2D eigenvalue weighted by Gasteiger charge is -2.39. The summed E-state index contributed by atoms with van der Waals surface area (Å²) in [5, 5.41) is 3.51. The summed E-state index contributed by atoms with van der Waals surface area (Å²) in [6.07, 6.45) is -1.18. The molecule has 3 rings (SSSR count). The molecule has 38 heavy (non-hydrogen) atoms. The van der Waals surface area contributed by atoms with Crippen LogP contribution in [0.15, 0.2) is 36.4 Å². The Bertz CT molecular complexity index is 1050. The topological polar surface area (TPSA) is 44.8 Å². The summed E-state index contributed by atoms with van der Waals surface area (Å²) < 4.78 is 44.6. The van der Waals surface area contributed by atoms with Crippen molar-refractivity contribution in [3.05, 3.63) is 64.2 Å². The molecule has 1 amide bonds. The van der Waals surface area contributed by atoms with Gasteiger partial charge in [-0.3, -0.25) is 9.69 Å². The molecule has 1 fully saturated rings. The zero-order chi connectivity index (χ0) is 27.9. The maximum atomic E-state index is 12.8. The van der Waals surface area contributed by atoms with Gasteiger partial charge in [-0.15, -0.1) is 0 Å². The zero-order valence-electron chi connectivity index (χ0n) is 23.3. The number of halogens is 3. The van der Waals surface area contributed by atoms with Gasteiger partial charge in [-0.25, -0.2) is 0 Å². The number of alkyl halides is 3. The number of unbranched alkanes of at least 4 members (excludes halogenated alkanes) is 1. The van der Waals surface area contributed by atoms with Gasteiger partial charge in [0.15, 0.2) is 0 Å². The van der Waals surface area contributed by atoms with Gasteiger partial charge in [0.25, 0.3) is 5.91 Å². The van der Waals surface area contributed by atoms with Crippen molar-refractivity contribution in [1.29, 1.82) is 0 Å². The lowest BCUT2D eigenvalue weighted by molar-refractivity contribution is -0.137. The van der Waals surface area contributed by atoms with E-state index in [0.717, 1.165) is 49.3 Å². The lowest BCUT2D eigenvalue weighted by Crippen LogP contribution is -2.49. The molecule has 0 radical (unpaired) electrons. The first-order valence-corrected chi connectivity index (χ1v) is 13.7. The molecule has 0 bridgehead atoms. The predicted octanol–water partition coefficient (Wildman–Crippen LogP) is 6.39. The largest absolute Gasteiger partial charge is 0.493 e. The maximum Gasteiger partial charge on any atom is 0.416 e. The molecule has 0 aliphatic carbocycles. The van der Waals surface area contributed by atoms with Gasteiger partial charge in [-0.1, -0.05) is 13.0 Å². The summed E-state index contributed by atoms with van der Waals surface area (Å²) in [4.78, 5) is 16.9. The second-order valence-electron chi connectivity index (χ2n) is 10.3. The summed E-state index contributed by atoms with van der Waals surface area (Å²) in [6.45, 7) is 15.0. The number of amides is 1. The molecule has 5 nitrogen and oxygen atoms in total. The van der Waals surface area contributed by atoms with E-state index in [9.17, 15) is 18.0 Å². The Labute approximate surface area is 225 Å². The molecule has 8 heteroatoms. The number of hydrogen-bond acceptors (Lipinski definition) is 4. The molecule has 0 saturated carbocycles. The van der Waals surface area contributed by atoms with Gasteiger partial charge in [0.2, 0.25) is 0 Å². The van der Waals surface area contributed by atoms with Crippen LogP contribution in [0.2, 0.25) is 0 Å². The molecule has 2 atom stereocenters. The van der Waals surface area contributed by atoms with E-state index in [1.54, 1.807) is 4.90 Å². The van der Waals surface area contributed by atoms with Crippen molar-refractivity contribution in [2.45, 2.75) is 72.1 Å². The van der Waals surface area contributed by atoms with Gasteiger partial charge in [0.05, 0.1) is 12.2 Å². The SMILES string of the molecule is CCC(C)NCCCCOc1ccc(C(C)N2CCN(C(=O)c3ccc(C(F)(F)F)cc3)CC2)c(C)c1C. The molecule has 1 aliphatic heterocycles. The summed E-state index contributed by atoms with van der Waals surface area (Å²) in [7, 11) is 0. The van der Waals surface area contributed by atoms with Crippen LogP contribution in [0, 0.1) is 13.8 Å². The minimum absolute atomic E-state index is 0.178. The number of carbonyl (C=O) groups excluding carboxylic acids is 1. The Morgan fingerprint density at radius 2 is 1.63 bits per heavy atom. The number of rotatable bonds is 11. The number of hydrogen-bond donors (Lipinski definition) is 1. The lowest BCUT2D eigenvalue weighted by atomic mass is 9.96.